The third kappa shape index (κ3) is 4.25. The van der Waals surface area contributed by atoms with Gasteiger partial charge in [0, 0.05) is 10.0 Å². The maximum absolute atomic E-state index is 6.13. The fourth-order valence-corrected chi connectivity index (χ4v) is 2.63. The Morgan fingerprint density at radius 2 is 2.05 bits per heavy atom. The fourth-order valence-electron chi connectivity index (χ4n) is 1.81. The number of benzene rings is 1. The summed E-state index contributed by atoms with van der Waals surface area (Å²) in [4.78, 5) is 0. The van der Waals surface area contributed by atoms with Crippen LogP contribution in [0.1, 0.15) is 24.3 Å². The molecular formula is C14H14BrCl2NO. The molecule has 0 spiro atoms. The van der Waals surface area contributed by atoms with Crippen LogP contribution < -0.4 is 5.32 Å². The summed E-state index contributed by atoms with van der Waals surface area (Å²) in [5.74, 6) is 0.911. The Hall–Kier alpha value is -0.480. The van der Waals surface area contributed by atoms with Gasteiger partial charge in [0.2, 0.25) is 0 Å². The van der Waals surface area contributed by atoms with Crippen molar-refractivity contribution in [1.29, 1.82) is 0 Å². The Morgan fingerprint density at radius 1 is 1.26 bits per heavy atom. The number of hydrogen-bond donors (Lipinski definition) is 1. The molecule has 5 heteroatoms. The van der Waals surface area contributed by atoms with Gasteiger partial charge in [0.1, 0.15) is 5.76 Å². The van der Waals surface area contributed by atoms with Crippen LogP contribution in [0.15, 0.2) is 39.4 Å². The Kier molecular flexibility index (Phi) is 5.34. The largest absolute Gasteiger partial charge is 0.453 e. The SMILES string of the molecule is CC(NCCc1ccc(Cl)cc1Cl)c1ccc(Br)o1. The molecule has 2 nitrogen and oxygen atoms in total. The van der Waals surface area contributed by atoms with Crippen molar-refractivity contribution in [3.05, 3.63) is 56.4 Å². The van der Waals surface area contributed by atoms with E-state index in [4.69, 9.17) is 27.6 Å². The maximum atomic E-state index is 6.13. The molecule has 0 saturated heterocycles. The van der Waals surface area contributed by atoms with Crippen molar-refractivity contribution >= 4 is 39.1 Å². The van der Waals surface area contributed by atoms with Crippen molar-refractivity contribution in [3.63, 3.8) is 0 Å². The molecule has 0 aliphatic rings. The molecule has 0 saturated carbocycles. The lowest BCUT2D eigenvalue weighted by atomic mass is 10.1. The molecule has 0 fully saturated rings. The Bertz CT molecular complexity index is 556. The summed E-state index contributed by atoms with van der Waals surface area (Å²) in [6.07, 6.45) is 0.849. The highest BCUT2D eigenvalue weighted by molar-refractivity contribution is 9.10. The monoisotopic (exact) mass is 361 g/mol. The van der Waals surface area contributed by atoms with Crippen LogP contribution in [0.25, 0.3) is 0 Å². The van der Waals surface area contributed by atoms with Crippen LogP contribution in [0.4, 0.5) is 0 Å². The van der Waals surface area contributed by atoms with E-state index in [1.807, 2.05) is 24.3 Å². The predicted octanol–water partition coefficient (Wildman–Crippen LogP) is 5.24. The Balaban J connectivity index is 1.86. The molecule has 1 atom stereocenters. The van der Waals surface area contributed by atoms with E-state index >= 15 is 0 Å². The first-order valence-corrected chi connectivity index (χ1v) is 7.53. The van der Waals surface area contributed by atoms with Gasteiger partial charge in [-0.15, -0.1) is 0 Å². The fraction of sp³-hybridized carbons (Fsp3) is 0.286. The van der Waals surface area contributed by atoms with E-state index in [0.717, 1.165) is 29.0 Å². The molecule has 0 amide bonds. The highest BCUT2D eigenvalue weighted by atomic mass is 79.9. The first kappa shape index (κ1) is 14.9. The first-order chi connectivity index (χ1) is 9.06. The smallest absolute Gasteiger partial charge is 0.169 e. The normalized spacial score (nSPS) is 12.6. The van der Waals surface area contributed by atoms with Crippen molar-refractivity contribution in [2.75, 3.05) is 6.54 Å². The van der Waals surface area contributed by atoms with Gasteiger partial charge in [0.05, 0.1) is 6.04 Å². The van der Waals surface area contributed by atoms with E-state index in [9.17, 15) is 0 Å². The molecule has 1 aromatic carbocycles. The van der Waals surface area contributed by atoms with Gasteiger partial charge in [0.15, 0.2) is 4.67 Å². The lowest BCUT2D eigenvalue weighted by Crippen LogP contribution is -2.21. The zero-order valence-corrected chi connectivity index (χ0v) is 13.5. The molecule has 2 aromatic rings. The molecule has 0 aliphatic heterocycles. The number of rotatable bonds is 5. The zero-order chi connectivity index (χ0) is 13.8. The molecule has 1 aromatic heterocycles. The topological polar surface area (TPSA) is 25.2 Å². The molecule has 0 aliphatic carbocycles. The van der Waals surface area contributed by atoms with E-state index in [0.29, 0.717) is 10.0 Å². The van der Waals surface area contributed by atoms with Crippen molar-refractivity contribution < 1.29 is 4.42 Å². The first-order valence-electron chi connectivity index (χ1n) is 5.99. The highest BCUT2D eigenvalue weighted by Gasteiger charge is 2.09. The van der Waals surface area contributed by atoms with E-state index in [-0.39, 0.29) is 6.04 Å². The molecule has 1 unspecified atom stereocenters. The molecule has 2 rings (SSSR count). The van der Waals surface area contributed by atoms with Gasteiger partial charge < -0.3 is 9.73 Å². The van der Waals surface area contributed by atoms with Gasteiger partial charge >= 0.3 is 0 Å². The molecule has 1 heterocycles. The molecule has 0 bridgehead atoms. The second-order valence-corrected chi connectivity index (χ2v) is 5.93. The quantitative estimate of drug-likeness (QED) is 0.786. The lowest BCUT2D eigenvalue weighted by molar-refractivity contribution is 0.420. The second kappa shape index (κ2) is 6.80. The summed E-state index contributed by atoms with van der Waals surface area (Å²) < 4.78 is 6.25. The second-order valence-electron chi connectivity index (χ2n) is 4.30. The average Bonchev–Trinajstić information content (AvgIpc) is 2.78. The van der Waals surface area contributed by atoms with Crippen molar-refractivity contribution in [2.45, 2.75) is 19.4 Å². The summed E-state index contributed by atoms with van der Waals surface area (Å²) in [6.45, 7) is 2.88. The summed E-state index contributed by atoms with van der Waals surface area (Å²) in [7, 11) is 0. The van der Waals surface area contributed by atoms with Crippen LogP contribution in [-0.4, -0.2) is 6.54 Å². The average molecular weight is 363 g/mol. The maximum Gasteiger partial charge on any atom is 0.169 e. The van der Waals surface area contributed by atoms with Crippen molar-refractivity contribution in [1.82, 2.24) is 5.32 Å². The van der Waals surface area contributed by atoms with Crippen LogP contribution >= 0.6 is 39.1 Å². The van der Waals surface area contributed by atoms with Gasteiger partial charge in [-0.05, 0) is 65.6 Å². The van der Waals surface area contributed by atoms with Crippen LogP contribution in [0, 0.1) is 0 Å². The van der Waals surface area contributed by atoms with Gasteiger partial charge in [-0.2, -0.15) is 0 Å². The standard InChI is InChI=1S/C14H14BrCl2NO/c1-9(13-4-5-14(15)19-13)18-7-6-10-2-3-11(16)8-12(10)17/h2-5,8-9,18H,6-7H2,1H3. The van der Waals surface area contributed by atoms with E-state index in [1.165, 1.54) is 0 Å². The van der Waals surface area contributed by atoms with Crippen molar-refractivity contribution in [2.24, 2.45) is 0 Å². The lowest BCUT2D eigenvalue weighted by Gasteiger charge is -2.11. The molecule has 1 N–H and O–H groups in total. The van der Waals surface area contributed by atoms with Gasteiger partial charge in [-0.1, -0.05) is 29.3 Å². The number of furan rings is 1. The minimum absolute atomic E-state index is 0.164. The van der Waals surface area contributed by atoms with E-state index in [1.54, 1.807) is 6.07 Å². The molecule has 0 radical (unpaired) electrons. The number of hydrogen-bond acceptors (Lipinski definition) is 2. The number of halogens is 3. The minimum Gasteiger partial charge on any atom is -0.453 e. The highest BCUT2D eigenvalue weighted by Crippen LogP contribution is 2.22. The van der Waals surface area contributed by atoms with Crippen molar-refractivity contribution in [3.8, 4) is 0 Å². The summed E-state index contributed by atoms with van der Waals surface area (Å²) in [5.41, 5.74) is 1.09. The number of nitrogens with one attached hydrogen (secondary N) is 1. The zero-order valence-electron chi connectivity index (χ0n) is 10.4. The molecule has 19 heavy (non-hydrogen) atoms. The molecule has 102 valence electrons. The Morgan fingerprint density at radius 3 is 2.68 bits per heavy atom. The van der Waals surface area contributed by atoms with Crippen LogP contribution in [0.5, 0.6) is 0 Å². The third-order valence-corrected chi connectivity index (χ3v) is 3.89. The van der Waals surface area contributed by atoms with Gasteiger partial charge in [-0.3, -0.25) is 0 Å². The summed E-state index contributed by atoms with van der Waals surface area (Å²) in [6, 6.07) is 9.60. The minimum atomic E-state index is 0.164. The van der Waals surface area contributed by atoms with Gasteiger partial charge in [0.25, 0.3) is 0 Å². The van der Waals surface area contributed by atoms with Crippen LogP contribution in [-0.2, 0) is 6.42 Å². The van der Waals surface area contributed by atoms with Crippen LogP contribution in [0.2, 0.25) is 10.0 Å². The predicted molar refractivity (Wildman–Crippen MR) is 83.0 cm³/mol. The summed E-state index contributed by atoms with van der Waals surface area (Å²) >= 11 is 15.3. The summed E-state index contributed by atoms with van der Waals surface area (Å²) in [5, 5.41) is 4.77. The molecular weight excluding hydrogens is 349 g/mol. The van der Waals surface area contributed by atoms with Gasteiger partial charge in [-0.25, -0.2) is 0 Å². The van der Waals surface area contributed by atoms with E-state index < -0.39 is 0 Å². The van der Waals surface area contributed by atoms with E-state index in [2.05, 4.69) is 28.2 Å². The van der Waals surface area contributed by atoms with Crippen LogP contribution in [0.3, 0.4) is 0 Å². The third-order valence-electron chi connectivity index (χ3n) is 2.88. The Labute approximate surface area is 131 Å².